The number of hydrogen-bond acceptors (Lipinski definition) is 3. The molecule has 2 rings (SSSR count). The first-order valence-electron chi connectivity index (χ1n) is 4.56. The Morgan fingerprint density at radius 2 is 2.47 bits per heavy atom. The monoisotopic (exact) mass is 220 g/mol. The van der Waals surface area contributed by atoms with Gasteiger partial charge in [-0.2, -0.15) is 5.10 Å². The van der Waals surface area contributed by atoms with E-state index in [-0.39, 0.29) is 5.84 Å². The van der Waals surface area contributed by atoms with Crippen molar-refractivity contribution in [1.29, 1.82) is 5.41 Å². The first kappa shape index (κ1) is 9.92. The summed E-state index contributed by atoms with van der Waals surface area (Å²) in [6, 6.07) is 4.02. The van der Waals surface area contributed by atoms with E-state index in [4.69, 9.17) is 11.1 Å². The van der Waals surface area contributed by atoms with Crippen molar-refractivity contribution in [3.05, 3.63) is 29.3 Å². The average molecular weight is 220 g/mol. The fourth-order valence-electron chi connectivity index (χ4n) is 1.49. The van der Waals surface area contributed by atoms with E-state index in [9.17, 15) is 0 Å². The van der Waals surface area contributed by atoms with Gasteiger partial charge in [0.15, 0.2) is 0 Å². The lowest BCUT2D eigenvalue weighted by Gasteiger charge is -1.97. The second-order valence-electron chi connectivity index (χ2n) is 3.36. The predicted molar refractivity (Wildman–Crippen MR) is 62.1 cm³/mol. The molecule has 0 unspecified atom stereocenters. The Balaban J connectivity index is 2.42. The topological polar surface area (TPSA) is 67.7 Å². The molecule has 0 spiro atoms. The van der Waals surface area contributed by atoms with Crippen molar-refractivity contribution < 1.29 is 0 Å². The lowest BCUT2D eigenvalue weighted by atomic mass is 10.1. The molecule has 0 aliphatic heterocycles. The van der Waals surface area contributed by atoms with Crippen molar-refractivity contribution in [3.8, 4) is 10.6 Å². The Bertz CT molecular complexity index is 470. The Kier molecular flexibility index (Phi) is 2.55. The van der Waals surface area contributed by atoms with E-state index in [0.717, 1.165) is 16.1 Å². The summed E-state index contributed by atoms with van der Waals surface area (Å²) < 4.78 is 1.76. The zero-order chi connectivity index (χ0) is 10.8. The smallest absolute Gasteiger partial charge is 0.106 e. The van der Waals surface area contributed by atoms with E-state index in [1.54, 1.807) is 16.0 Å². The molecular formula is C10H12N4S. The zero-order valence-electron chi connectivity index (χ0n) is 8.40. The number of hydrogen-bond donors (Lipinski definition) is 2. The molecule has 0 saturated heterocycles. The van der Waals surface area contributed by atoms with Gasteiger partial charge in [-0.3, -0.25) is 10.1 Å². The van der Waals surface area contributed by atoms with Gasteiger partial charge in [-0.05, 0) is 11.4 Å². The highest BCUT2D eigenvalue weighted by atomic mass is 32.1. The summed E-state index contributed by atoms with van der Waals surface area (Å²) in [7, 11) is 1.88. The van der Waals surface area contributed by atoms with Crippen LogP contribution in [0.3, 0.4) is 0 Å². The van der Waals surface area contributed by atoms with Gasteiger partial charge in [-0.25, -0.2) is 0 Å². The van der Waals surface area contributed by atoms with Crippen LogP contribution < -0.4 is 5.73 Å². The molecule has 0 bridgehead atoms. The number of aryl methyl sites for hydroxylation is 1. The van der Waals surface area contributed by atoms with E-state index in [1.165, 1.54) is 0 Å². The van der Waals surface area contributed by atoms with Crippen LogP contribution in [0.15, 0.2) is 23.7 Å². The maximum absolute atomic E-state index is 7.31. The number of amidine groups is 1. The molecule has 0 saturated carbocycles. The molecule has 0 amide bonds. The quantitative estimate of drug-likeness (QED) is 0.609. The Labute approximate surface area is 91.9 Å². The van der Waals surface area contributed by atoms with Gasteiger partial charge in [0.25, 0.3) is 0 Å². The normalized spacial score (nSPS) is 10.5. The molecule has 0 aromatic carbocycles. The Morgan fingerprint density at radius 3 is 3.07 bits per heavy atom. The average Bonchev–Trinajstić information content (AvgIpc) is 2.72. The van der Waals surface area contributed by atoms with E-state index in [2.05, 4.69) is 5.10 Å². The summed E-state index contributed by atoms with van der Waals surface area (Å²) >= 11 is 1.64. The van der Waals surface area contributed by atoms with Crippen molar-refractivity contribution in [2.45, 2.75) is 6.42 Å². The molecule has 0 aliphatic carbocycles. The maximum Gasteiger partial charge on any atom is 0.106 e. The summed E-state index contributed by atoms with van der Waals surface area (Å²) in [4.78, 5) is 1.12. The lowest BCUT2D eigenvalue weighted by molar-refractivity contribution is 0.770. The van der Waals surface area contributed by atoms with Gasteiger partial charge < -0.3 is 5.73 Å². The molecule has 78 valence electrons. The van der Waals surface area contributed by atoms with Crippen molar-refractivity contribution in [2.75, 3.05) is 0 Å². The molecule has 0 radical (unpaired) electrons. The third kappa shape index (κ3) is 2.07. The second kappa shape index (κ2) is 3.86. The highest BCUT2D eigenvalue weighted by Gasteiger charge is 2.11. The third-order valence-electron chi connectivity index (χ3n) is 2.04. The van der Waals surface area contributed by atoms with Crippen LogP contribution in [0.4, 0.5) is 0 Å². The SMILES string of the molecule is Cn1cc(CC(=N)N)c(-c2cccs2)n1. The number of thiophene rings is 1. The standard InChI is InChI=1S/C10H12N4S/c1-14-6-7(5-9(11)12)10(13-14)8-3-2-4-15-8/h2-4,6H,5H2,1H3,(H3,11,12). The highest BCUT2D eigenvalue weighted by molar-refractivity contribution is 7.13. The summed E-state index contributed by atoms with van der Waals surface area (Å²) in [5.74, 6) is 0.167. The molecule has 15 heavy (non-hydrogen) atoms. The Morgan fingerprint density at radius 1 is 1.67 bits per heavy atom. The summed E-state index contributed by atoms with van der Waals surface area (Å²) in [5.41, 5.74) is 7.35. The largest absolute Gasteiger partial charge is 0.387 e. The van der Waals surface area contributed by atoms with Crippen LogP contribution in [0, 0.1) is 5.41 Å². The van der Waals surface area contributed by atoms with E-state index in [0.29, 0.717) is 6.42 Å². The minimum Gasteiger partial charge on any atom is -0.387 e. The van der Waals surface area contributed by atoms with Gasteiger partial charge in [0.05, 0.1) is 10.7 Å². The van der Waals surface area contributed by atoms with Gasteiger partial charge in [-0.15, -0.1) is 11.3 Å². The van der Waals surface area contributed by atoms with Gasteiger partial charge in [0.1, 0.15) is 5.69 Å². The number of nitrogens with two attached hydrogens (primary N) is 1. The zero-order valence-corrected chi connectivity index (χ0v) is 9.21. The number of nitrogens with one attached hydrogen (secondary N) is 1. The highest BCUT2D eigenvalue weighted by Crippen LogP contribution is 2.26. The van der Waals surface area contributed by atoms with Crippen LogP contribution in [0.1, 0.15) is 5.56 Å². The fourth-order valence-corrected chi connectivity index (χ4v) is 2.24. The van der Waals surface area contributed by atoms with Crippen molar-refractivity contribution in [3.63, 3.8) is 0 Å². The van der Waals surface area contributed by atoms with Crippen LogP contribution in [0.5, 0.6) is 0 Å². The van der Waals surface area contributed by atoms with Crippen LogP contribution in [-0.2, 0) is 13.5 Å². The minimum atomic E-state index is 0.167. The molecule has 5 heteroatoms. The second-order valence-corrected chi connectivity index (χ2v) is 4.30. The number of nitrogens with zero attached hydrogens (tertiary/aromatic N) is 2. The first-order chi connectivity index (χ1) is 7.16. The first-order valence-corrected chi connectivity index (χ1v) is 5.44. The summed E-state index contributed by atoms with van der Waals surface area (Å²) in [6.45, 7) is 0. The molecule has 0 aliphatic rings. The van der Waals surface area contributed by atoms with Crippen LogP contribution in [-0.4, -0.2) is 15.6 Å². The number of aromatic nitrogens is 2. The predicted octanol–water partition coefficient (Wildman–Crippen LogP) is 1.63. The molecule has 2 heterocycles. The van der Waals surface area contributed by atoms with Crippen LogP contribution in [0.25, 0.3) is 10.6 Å². The van der Waals surface area contributed by atoms with Crippen molar-refractivity contribution in [2.24, 2.45) is 12.8 Å². The summed E-state index contributed by atoms with van der Waals surface area (Å²) in [5, 5.41) is 13.7. The molecule has 0 fully saturated rings. The van der Waals surface area contributed by atoms with Crippen LogP contribution >= 0.6 is 11.3 Å². The molecule has 2 aromatic rings. The van der Waals surface area contributed by atoms with Crippen molar-refractivity contribution in [1.82, 2.24) is 9.78 Å². The molecule has 4 nitrogen and oxygen atoms in total. The van der Waals surface area contributed by atoms with E-state index < -0.39 is 0 Å². The summed E-state index contributed by atoms with van der Waals surface area (Å²) in [6.07, 6.45) is 2.37. The molecule has 2 aromatic heterocycles. The van der Waals surface area contributed by atoms with E-state index >= 15 is 0 Å². The lowest BCUT2D eigenvalue weighted by Crippen LogP contribution is -2.12. The fraction of sp³-hybridized carbons (Fsp3) is 0.200. The van der Waals surface area contributed by atoms with Gasteiger partial charge in [-0.1, -0.05) is 6.07 Å². The van der Waals surface area contributed by atoms with Gasteiger partial charge in [0, 0.05) is 25.2 Å². The van der Waals surface area contributed by atoms with Gasteiger partial charge >= 0.3 is 0 Å². The number of rotatable bonds is 3. The Hall–Kier alpha value is -1.62. The molecule has 0 atom stereocenters. The maximum atomic E-state index is 7.31. The molecule has 3 N–H and O–H groups in total. The molecular weight excluding hydrogens is 208 g/mol. The van der Waals surface area contributed by atoms with E-state index in [1.807, 2.05) is 30.8 Å². The minimum absolute atomic E-state index is 0.167. The van der Waals surface area contributed by atoms with Crippen molar-refractivity contribution >= 4 is 17.2 Å². The van der Waals surface area contributed by atoms with Gasteiger partial charge in [0.2, 0.25) is 0 Å². The third-order valence-corrected chi connectivity index (χ3v) is 2.92. The van der Waals surface area contributed by atoms with Crippen LogP contribution in [0.2, 0.25) is 0 Å².